The first-order valence-corrected chi connectivity index (χ1v) is 5.58. The van der Waals surface area contributed by atoms with Crippen LogP contribution in [0.4, 0.5) is 5.82 Å². The Kier molecular flexibility index (Phi) is 2.47. The first kappa shape index (κ1) is 10.8. The third-order valence-corrected chi connectivity index (χ3v) is 2.98. The molecule has 0 amide bonds. The van der Waals surface area contributed by atoms with E-state index in [4.69, 9.17) is 9.52 Å². The summed E-state index contributed by atoms with van der Waals surface area (Å²) in [6, 6.07) is 5.42. The molecule has 0 unspecified atom stereocenters. The van der Waals surface area contributed by atoms with Gasteiger partial charge in [0.25, 0.3) is 0 Å². The number of carboxylic acid groups (broad SMARTS) is 1. The van der Waals surface area contributed by atoms with Crippen LogP contribution < -0.4 is 4.90 Å². The molecule has 1 fully saturated rings. The van der Waals surface area contributed by atoms with Crippen molar-refractivity contribution >= 4 is 11.8 Å². The van der Waals surface area contributed by atoms with E-state index in [2.05, 4.69) is 9.97 Å². The van der Waals surface area contributed by atoms with E-state index in [0.29, 0.717) is 24.5 Å². The van der Waals surface area contributed by atoms with E-state index in [1.165, 1.54) is 6.33 Å². The van der Waals surface area contributed by atoms with Gasteiger partial charge >= 0.3 is 5.97 Å². The van der Waals surface area contributed by atoms with Crippen LogP contribution in [0.25, 0.3) is 11.5 Å². The van der Waals surface area contributed by atoms with Crippen LogP contribution in [0.3, 0.4) is 0 Å². The van der Waals surface area contributed by atoms with Crippen LogP contribution in [0.2, 0.25) is 0 Å². The molecule has 1 aliphatic heterocycles. The molecule has 1 N–H and O–H groups in total. The van der Waals surface area contributed by atoms with E-state index in [1.54, 1.807) is 18.4 Å². The van der Waals surface area contributed by atoms with Gasteiger partial charge in [0, 0.05) is 19.2 Å². The van der Waals surface area contributed by atoms with Crippen molar-refractivity contribution in [1.82, 2.24) is 9.97 Å². The number of nitrogens with zero attached hydrogens (tertiary/aromatic N) is 3. The first-order chi connectivity index (χ1) is 8.74. The highest BCUT2D eigenvalue weighted by atomic mass is 16.4. The van der Waals surface area contributed by atoms with Gasteiger partial charge in [-0.15, -0.1) is 0 Å². The Morgan fingerprint density at radius 1 is 1.44 bits per heavy atom. The van der Waals surface area contributed by atoms with E-state index in [-0.39, 0.29) is 5.92 Å². The summed E-state index contributed by atoms with van der Waals surface area (Å²) in [6.07, 6.45) is 3.04. The average Bonchev–Trinajstić information content (AvgIpc) is 2.80. The summed E-state index contributed by atoms with van der Waals surface area (Å²) in [5.41, 5.74) is 0.698. The molecular formula is C12H11N3O3. The van der Waals surface area contributed by atoms with E-state index >= 15 is 0 Å². The molecule has 0 atom stereocenters. The minimum absolute atomic E-state index is 0.299. The number of hydrogen-bond donors (Lipinski definition) is 1. The largest absolute Gasteiger partial charge is 0.481 e. The second-order valence-corrected chi connectivity index (χ2v) is 4.18. The van der Waals surface area contributed by atoms with Crippen LogP contribution in [0, 0.1) is 5.92 Å². The number of aromatic nitrogens is 2. The fourth-order valence-corrected chi connectivity index (χ4v) is 1.90. The normalized spacial score (nSPS) is 15.4. The van der Waals surface area contributed by atoms with Gasteiger partial charge in [-0.1, -0.05) is 0 Å². The van der Waals surface area contributed by atoms with Crippen LogP contribution in [0.15, 0.2) is 35.2 Å². The zero-order valence-electron chi connectivity index (χ0n) is 9.48. The van der Waals surface area contributed by atoms with E-state index in [0.717, 1.165) is 5.82 Å². The van der Waals surface area contributed by atoms with Crippen molar-refractivity contribution in [3.8, 4) is 11.5 Å². The average molecular weight is 245 g/mol. The van der Waals surface area contributed by atoms with E-state index in [1.807, 2.05) is 11.0 Å². The van der Waals surface area contributed by atoms with Crippen molar-refractivity contribution in [3.05, 3.63) is 30.8 Å². The molecule has 18 heavy (non-hydrogen) atoms. The minimum Gasteiger partial charge on any atom is -0.481 e. The van der Waals surface area contributed by atoms with Gasteiger partial charge in [0.05, 0.1) is 12.2 Å². The zero-order valence-corrected chi connectivity index (χ0v) is 9.48. The number of rotatable bonds is 3. The lowest BCUT2D eigenvalue weighted by atomic mass is 10.0. The highest BCUT2D eigenvalue weighted by molar-refractivity contribution is 5.74. The van der Waals surface area contributed by atoms with Crippen molar-refractivity contribution in [2.24, 2.45) is 5.92 Å². The van der Waals surface area contributed by atoms with Crippen molar-refractivity contribution in [2.75, 3.05) is 18.0 Å². The molecule has 6 nitrogen and oxygen atoms in total. The Labute approximate surface area is 103 Å². The predicted molar refractivity (Wildman–Crippen MR) is 63.1 cm³/mol. The second-order valence-electron chi connectivity index (χ2n) is 4.18. The SMILES string of the molecule is O=C(O)C1CN(c2cc(-c3ccco3)ncn2)C1. The molecular weight excluding hydrogens is 234 g/mol. The lowest BCUT2D eigenvalue weighted by Gasteiger charge is -2.37. The second kappa shape index (κ2) is 4.14. The van der Waals surface area contributed by atoms with Crippen molar-refractivity contribution in [2.45, 2.75) is 0 Å². The Morgan fingerprint density at radius 2 is 2.28 bits per heavy atom. The predicted octanol–water partition coefficient (Wildman–Crippen LogP) is 1.26. The standard InChI is InChI=1S/C12H11N3O3/c16-12(17)8-5-15(6-8)11-4-9(13-7-14-11)10-2-1-3-18-10/h1-4,7-8H,5-6H2,(H,16,17). The Hall–Kier alpha value is -2.37. The highest BCUT2D eigenvalue weighted by Gasteiger charge is 2.33. The highest BCUT2D eigenvalue weighted by Crippen LogP contribution is 2.26. The number of aliphatic carboxylic acids is 1. The summed E-state index contributed by atoms with van der Waals surface area (Å²) in [7, 11) is 0. The molecule has 1 saturated heterocycles. The molecule has 6 heteroatoms. The molecule has 0 radical (unpaired) electrons. The minimum atomic E-state index is -0.758. The third-order valence-electron chi connectivity index (χ3n) is 2.98. The van der Waals surface area contributed by atoms with Gasteiger partial charge in [-0.3, -0.25) is 4.79 Å². The molecule has 0 saturated carbocycles. The molecule has 3 rings (SSSR count). The maximum Gasteiger partial charge on any atom is 0.310 e. The number of furan rings is 1. The zero-order chi connectivity index (χ0) is 12.5. The Morgan fingerprint density at radius 3 is 2.94 bits per heavy atom. The maximum absolute atomic E-state index is 10.7. The van der Waals surface area contributed by atoms with E-state index in [9.17, 15) is 4.79 Å². The van der Waals surface area contributed by atoms with Gasteiger partial charge in [0.15, 0.2) is 5.76 Å². The Bertz CT molecular complexity index is 562. The van der Waals surface area contributed by atoms with Crippen LogP contribution in [0.1, 0.15) is 0 Å². The fraction of sp³-hybridized carbons (Fsp3) is 0.250. The third kappa shape index (κ3) is 1.81. The monoisotopic (exact) mass is 245 g/mol. The summed E-state index contributed by atoms with van der Waals surface area (Å²) in [4.78, 5) is 20.9. The lowest BCUT2D eigenvalue weighted by molar-refractivity contribution is -0.142. The first-order valence-electron chi connectivity index (χ1n) is 5.58. The molecule has 2 aromatic heterocycles. The molecule has 2 aromatic rings. The van der Waals surface area contributed by atoms with Gasteiger partial charge < -0.3 is 14.4 Å². The number of anilines is 1. The van der Waals surface area contributed by atoms with Gasteiger partial charge in [-0.05, 0) is 12.1 Å². The maximum atomic E-state index is 10.7. The Balaban J connectivity index is 1.79. The fourth-order valence-electron chi connectivity index (χ4n) is 1.90. The van der Waals surface area contributed by atoms with E-state index < -0.39 is 5.97 Å². The number of hydrogen-bond acceptors (Lipinski definition) is 5. The lowest BCUT2D eigenvalue weighted by Crippen LogP contribution is -2.50. The summed E-state index contributed by atoms with van der Waals surface area (Å²) in [5, 5.41) is 8.83. The van der Waals surface area contributed by atoms with Gasteiger partial charge in [-0.25, -0.2) is 9.97 Å². The molecule has 0 spiro atoms. The van der Waals surface area contributed by atoms with Crippen LogP contribution in [-0.4, -0.2) is 34.1 Å². The van der Waals surface area contributed by atoms with Crippen molar-refractivity contribution < 1.29 is 14.3 Å². The topological polar surface area (TPSA) is 79.5 Å². The summed E-state index contributed by atoms with van der Waals surface area (Å²) >= 11 is 0. The van der Waals surface area contributed by atoms with Gasteiger partial charge in [-0.2, -0.15) is 0 Å². The quantitative estimate of drug-likeness (QED) is 0.876. The molecule has 0 aliphatic carbocycles. The molecule has 0 aromatic carbocycles. The van der Waals surface area contributed by atoms with Crippen molar-refractivity contribution in [3.63, 3.8) is 0 Å². The summed E-state index contributed by atoms with van der Waals surface area (Å²) in [6.45, 7) is 0.980. The number of carboxylic acids is 1. The van der Waals surface area contributed by atoms with Crippen LogP contribution in [-0.2, 0) is 4.79 Å². The molecule has 3 heterocycles. The smallest absolute Gasteiger partial charge is 0.310 e. The molecule has 92 valence electrons. The summed E-state index contributed by atoms with van der Waals surface area (Å²) < 4.78 is 5.26. The number of carbonyl (C=O) groups is 1. The van der Waals surface area contributed by atoms with Crippen LogP contribution >= 0.6 is 0 Å². The molecule has 1 aliphatic rings. The van der Waals surface area contributed by atoms with Crippen molar-refractivity contribution in [1.29, 1.82) is 0 Å². The van der Waals surface area contributed by atoms with Crippen LogP contribution in [0.5, 0.6) is 0 Å². The van der Waals surface area contributed by atoms with Gasteiger partial charge in [0.1, 0.15) is 17.8 Å². The summed E-state index contributed by atoms with van der Waals surface area (Å²) in [5.74, 6) is 0.349. The molecule has 0 bridgehead atoms. The van der Waals surface area contributed by atoms with Gasteiger partial charge in [0.2, 0.25) is 0 Å².